The lowest BCUT2D eigenvalue weighted by molar-refractivity contribution is 0.299. The van der Waals surface area contributed by atoms with E-state index in [9.17, 15) is 4.79 Å². The number of nitrogens with zero attached hydrogens (tertiary/aromatic N) is 2. The molecular formula is C16H14N2O2. The molecule has 0 N–H and O–H groups in total. The molecular weight excluding hydrogens is 252 g/mol. The molecule has 0 saturated carbocycles. The van der Waals surface area contributed by atoms with Crippen molar-refractivity contribution >= 4 is 10.8 Å². The third-order valence-corrected chi connectivity index (χ3v) is 3.15. The molecule has 0 radical (unpaired) electrons. The fraction of sp³-hybridized carbons (Fsp3) is 0.125. The van der Waals surface area contributed by atoms with E-state index in [1.165, 1.54) is 4.68 Å². The molecule has 0 spiro atoms. The van der Waals surface area contributed by atoms with Gasteiger partial charge in [-0.3, -0.25) is 4.79 Å². The van der Waals surface area contributed by atoms with Crippen LogP contribution in [0.1, 0.15) is 5.69 Å². The van der Waals surface area contributed by atoms with Gasteiger partial charge in [-0.05, 0) is 18.2 Å². The Morgan fingerprint density at radius 2 is 1.65 bits per heavy atom. The number of hydrogen-bond donors (Lipinski definition) is 0. The van der Waals surface area contributed by atoms with Gasteiger partial charge in [0.15, 0.2) is 0 Å². The highest BCUT2D eigenvalue weighted by molar-refractivity contribution is 5.83. The molecule has 0 aliphatic carbocycles. The first kappa shape index (κ1) is 12.4. The van der Waals surface area contributed by atoms with Crippen molar-refractivity contribution in [3.8, 4) is 5.75 Å². The van der Waals surface area contributed by atoms with Gasteiger partial charge in [-0.1, -0.05) is 36.4 Å². The molecule has 20 heavy (non-hydrogen) atoms. The summed E-state index contributed by atoms with van der Waals surface area (Å²) in [5, 5.41) is 5.80. The fourth-order valence-corrected chi connectivity index (χ4v) is 2.15. The van der Waals surface area contributed by atoms with E-state index in [0.29, 0.717) is 12.0 Å². The Bertz CT molecular complexity index is 794. The highest BCUT2D eigenvalue weighted by atomic mass is 16.5. The van der Waals surface area contributed by atoms with Crippen molar-refractivity contribution in [1.29, 1.82) is 0 Å². The van der Waals surface area contributed by atoms with Crippen LogP contribution in [-0.2, 0) is 13.7 Å². The molecule has 0 unspecified atom stereocenters. The molecule has 2 aromatic carbocycles. The summed E-state index contributed by atoms with van der Waals surface area (Å²) in [5.74, 6) is 0.784. The van der Waals surface area contributed by atoms with Crippen molar-refractivity contribution in [1.82, 2.24) is 9.78 Å². The summed E-state index contributed by atoms with van der Waals surface area (Å²) in [5.41, 5.74) is 0.663. The number of benzene rings is 2. The largest absolute Gasteiger partial charge is 0.487 e. The molecule has 100 valence electrons. The van der Waals surface area contributed by atoms with Gasteiger partial charge in [0, 0.05) is 12.4 Å². The van der Waals surface area contributed by atoms with Crippen molar-refractivity contribution in [2.45, 2.75) is 6.61 Å². The van der Waals surface area contributed by atoms with Crippen LogP contribution in [0.15, 0.2) is 59.4 Å². The Kier molecular flexibility index (Phi) is 3.21. The van der Waals surface area contributed by atoms with Gasteiger partial charge in [0.1, 0.15) is 18.1 Å². The highest BCUT2D eigenvalue weighted by Crippen LogP contribution is 2.16. The molecule has 4 heteroatoms. The van der Waals surface area contributed by atoms with Gasteiger partial charge in [-0.25, -0.2) is 4.68 Å². The van der Waals surface area contributed by atoms with E-state index in [4.69, 9.17) is 4.74 Å². The molecule has 3 aromatic rings. The van der Waals surface area contributed by atoms with Crippen LogP contribution in [0.3, 0.4) is 0 Å². The zero-order valence-electron chi connectivity index (χ0n) is 11.1. The minimum Gasteiger partial charge on any atom is -0.487 e. The molecule has 0 fully saturated rings. The first-order valence-electron chi connectivity index (χ1n) is 6.38. The third kappa shape index (κ3) is 2.28. The van der Waals surface area contributed by atoms with Gasteiger partial charge in [-0.2, -0.15) is 5.10 Å². The van der Waals surface area contributed by atoms with E-state index in [-0.39, 0.29) is 5.56 Å². The number of rotatable bonds is 3. The SMILES string of the molecule is Cn1nc(COc2ccccc2)c2ccccc2c1=O. The molecule has 0 aliphatic rings. The quantitative estimate of drug-likeness (QED) is 0.731. The monoisotopic (exact) mass is 266 g/mol. The lowest BCUT2D eigenvalue weighted by Gasteiger charge is -2.09. The maximum absolute atomic E-state index is 12.0. The predicted octanol–water partition coefficient (Wildman–Crippen LogP) is 2.51. The number of hydrogen-bond acceptors (Lipinski definition) is 3. The topological polar surface area (TPSA) is 44.1 Å². The van der Waals surface area contributed by atoms with Crippen molar-refractivity contribution < 1.29 is 4.74 Å². The predicted molar refractivity (Wildman–Crippen MR) is 77.8 cm³/mol. The Hall–Kier alpha value is -2.62. The van der Waals surface area contributed by atoms with E-state index in [2.05, 4.69) is 5.10 Å². The van der Waals surface area contributed by atoms with Crippen LogP contribution in [-0.4, -0.2) is 9.78 Å². The molecule has 0 aliphatic heterocycles. The zero-order chi connectivity index (χ0) is 13.9. The van der Waals surface area contributed by atoms with E-state index >= 15 is 0 Å². The minimum absolute atomic E-state index is 0.0935. The molecule has 0 atom stereocenters. The number of aromatic nitrogens is 2. The van der Waals surface area contributed by atoms with Crippen molar-refractivity contribution in [2.24, 2.45) is 7.05 Å². The summed E-state index contributed by atoms with van der Waals surface area (Å²) >= 11 is 0. The Morgan fingerprint density at radius 3 is 2.40 bits per heavy atom. The number of para-hydroxylation sites is 1. The van der Waals surface area contributed by atoms with E-state index < -0.39 is 0 Å². The summed E-state index contributed by atoms with van der Waals surface area (Å²) in [7, 11) is 1.65. The van der Waals surface area contributed by atoms with E-state index in [1.54, 1.807) is 7.05 Å². The summed E-state index contributed by atoms with van der Waals surface area (Å²) in [6, 6.07) is 17.0. The van der Waals surface area contributed by atoms with Crippen LogP contribution < -0.4 is 10.3 Å². The number of fused-ring (bicyclic) bond motifs is 1. The average molecular weight is 266 g/mol. The Morgan fingerprint density at radius 1 is 1.00 bits per heavy atom. The van der Waals surface area contributed by atoms with E-state index in [1.807, 2.05) is 54.6 Å². The van der Waals surface area contributed by atoms with Gasteiger partial charge < -0.3 is 4.74 Å². The first-order chi connectivity index (χ1) is 9.75. The van der Waals surface area contributed by atoms with Gasteiger partial charge in [0.05, 0.1) is 5.39 Å². The Labute approximate surface area is 116 Å². The average Bonchev–Trinajstić information content (AvgIpc) is 2.50. The van der Waals surface area contributed by atoms with Crippen LogP contribution in [0.2, 0.25) is 0 Å². The summed E-state index contributed by atoms with van der Waals surface area (Å²) in [6.45, 7) is 0.332. The fourth-order valence-electron chi connectivity index (χ4n) is 2.15. The number of ether oxygens (including phenoxy) is 1. The molecule has 3 rings (SSSR count). The van der Waals surface area contributed by atoms with Crippen LogP contribution >= 0.6 is 0 Å². The number of aryl methyl sites for hydroxylation is 1. The van der Waals surface area contributed by atoms with Crippen LogP contribution in [0, 0.1) is 0 Å². The molecule has 4 nitrogen and oxygen atoms in total. The molecule has 1 heterocycles. The van der Waals surface area contributed by atoms with Gasteiger partial charge >= 0.3 is 0 Å². The van der Waals surface area contributed by atoms with Crippen LogP contribution in [0.4, 0.5) is 0 Å². The molecule has 1 aromatic heterocycles. The summed E-state index contributed by atoms with van der Waals surface area (Å²) in [6.07, 6.45) is 0. The zero-order valence-corrected chi connectivity index (χ0v) is 11.1. The van der Waals surface area contributed by atoms with Crippen LogP contribution in [0.25, 0.3) is 10.8 Å². The first-order valence-corrected chi connectivity index (χ1v) is 6.38. The van der Waals surface area contributed by atoms with Gasteiger partial charge in [0.2, 0.25) is 0 Å². The maximum atomic E-state index is 12.0. The van der Waals surface area contributed by atoms with Gasteiger partial charge in [-0.15, -0.1) is 0 Å². The second-order valence-corrected chi connectivity index (χ2v) is 4.52. The standard InChI is InChI=1S/C16H14N2O2/c1-18-16(19)14-10-6-5-9-13(14)15(17-18)11-20-12-7-3-2-4-8-12/h2-10H,11H2,1H3. The van der Waals surface area contributed by atoms with E-state index in [0.717, 1.165) is 16.8 Å². The second kappa shape index (κ2) is 5.17. The third-order valence-electron chi connectivity index (χ3n) is 3.15. The van der Waals surface area contributed by atoms with Crippen molar-refractivity contribution in [2.75, 3.05) is 0 Å². The van der Waals surface area contributed by atoms with Gasteiger partial charge in [0.25, 0.3) is 5.56 Å². The lowest BCUT2D eigenvalue weighted by atomic mass is 10.1. The smallest absolute Gasteiger partial charge is 0.274 e. The second-order valence-electron chi connectivity index (χ2n) is 4.52. The minimum atomic E-state index is -0.0935. The lowest BCUT2D eigenvalue weighted by Crippen LogP contribution is -2.22. The maximum Gasteiger partial charge on any atom is 0.274 e. The van der Waals surface area contributed by atoms with Crippen molar-refractivity contribution in [3.63, 3.8) is 0 Å². The molecule has 0 amide bonds. The van der Waals surface area contributed by atoms with Crippen molar-refractivity contribution in [3.05, 3.63) is 70.6 Å². The Balaban J connectivity index is 2.00. The van der Waals surface area contributed by atoms with Crippen LogP contribution in [0.5, 0.6) is 5.75 Å². The molecule has 0 bridgehead atoms. The highest BCUT2D eigenvalue weighted by Gasteiger charge is 2.08. The summed E-state index contributed by atoms with van der Waals surface area (Å²) in [4.78, 5) is 12.0. The molecule has 0 saturated heterocycles. The normalized spacial score (nSPS) is 10.7. The summed E-state index contributed by atoms with van der Waals surface area (Å²) < 4.78 is 7.07.